The Kier molecular flexibility index (Phi) is 6.71. The smallest absolute Gasteiger partial charge is 0.160 e. The first-order valence-corrected chi connectivity index (χ1v) is 9.89. The third kappa shape index (κ3) is 4.86. The summed E-state index contributed by atoms with van der Waals surface area (Å²) in [6.07, 6.45) is 7.22. The molecule has 1 aliphatic carbocycles. The number of hydrogen-bond acceptors (Lipinski definition) is 3. The van der Waals surface area contributed by atoms with E-state index in [1.54, 1.807) is 6.08 Å². The van der Waals surface area contributed by atoms with Crippen molar-refractivity contribution in [3.05, 3.63) is 42.5 Å². The highest BCUT2D eigenvalue weighted by Gasteiger charge is 2.39. The Labute approximate surface area is 156 Å². The van der Waals surface area contributed by atoms with Gasteiger partial charge in [-0.2, -0.15) is 0 Å². The Morgan fingerprint density at radius 3 is 2.38 bits per heavy atom. The van der Waals surface area contributed by atoms with Crippen LogP contribution in [0, 0.1) is 5.92 Å². The molecule has 1 heterocycles. The standard InChI is InChI=1S/C22H31FO3/c1-3-13-22(23)15-25-21(26-16-22)19-7-5-17(6-8-19)18-9-11-20(12-10-18)24-14-4-2/h4,9-12,17,19,21H,2-3,5-8,13-16H2,1H3. The van der Waals surface area contributed by atoms with E-state index in [2.05, 4.69) is 18.7 Å². The fourth-order valence-electron chi connectivity index (χ4n) is 4.13. The summed E-state index contributed by atoms with van der Waals surface area (Å²) in [4.78, 5) is 0. The van der Waals surface area contributed by atoms with Gasteiger partial charge in [0.15, 0.2) is 12.0 Å². The third-order valence-electron chi connectivity index (χ3n) is 5.59. The molecule has 1 aromatic rings. The van der Waals surface area contributed by atoms with Gasteiger partial charge < -0.3 is 14.2 Å². The van der Waals surface area contributed by atoms with Crippen molar-refractivity contribution in [1.29, 1.82) is 0 Å². The first-order chi connectivity index (χ1) is 12.6. The van der Waals surface area contributed by atoms with Gasteiger partial charge in [-0.15, -0.1) is 0 Å². The molecular formula is C22H31FO3. The largest absolute Gasteiger partial charge is 0.490 e. The van der Waals surface area contributed by atoms with E-state index in [0.29, 0.717) is 24.9 Å². The highest BCUT2D eigenvalue weighted by molar-refractivity contribution is 5.29. The van der Waals surface area contributed by atoms with Gasteiger partial charge in [-0.25, -0.2) is 4.39 Å². The highest BCUT2D eigenvalue weighted by Crippen LogP contribution is 2.40. The molecule has 1 aliphatic heterocycles. The van der Waals surface area contributed by atoms with Gasteiger partial charge in [0.2, 0.25) is 0 Å². The highest BCUT2D eigenvalue weighted by atomic mass is 19.1. The molecule has 0 spiro atoms. The zero-order valence-corrected chi connectivity index (χ0v) is 15.8. The molecular weight excluding hydrogens is 331 g/mol. The second kappa shape index (κ2) is 9.01. The van der Waals surface area contributed by atoms with Crippen LogP contribution in [0.25, 0.3) is 0 Å². The number of hydrogen-bond donors (Lipinski definition) is 0. The molecule has 0 aromatic heterocycles. The zero-order valence-electron chi connectivity index (χ0n) is 15.8. The lowest BCUT2D eigenvalue weighted by molar-refractivity contribution is -0.257. The van der Waals surface area contributed by atoms with Crippen LogP contribution in [0.5, 0.6) is 5.75 Å². The molecule has 0 radical (unpaired) electrons. The molecule has 4 heteroatoms. The molecule has 1 saturated heterocycles. The minimum absolute atomic E-state index is 0.178. The summed E-state index contributed by atoms with van der Waals surface area (Å²) in [5.41, 5.74) is 0.0725. The molecule has 2 fully saturated rings. The molecule has 2 aliphatic rings. The lowest BCUT2D eigenvalue weighted by Crippen LogP contribution is -2.46. The zero-order chi connectivity index (χ0) is 18.4. The van der Waals surface area contributed by atoms with Crippen LogP contribution in [0.3, 0.4) is 0 Å². The quantitative estimate of drug-likeness (QED) is 0.607. The number of rotatable bonds is 7. The summed E-state index contributed by atoms with van der Waals surface area (Å²) in [7, 11) is 0. The van der Waals surface area contributed by atoms with Gasteiger partial charge in [0.05, 0.1) is 13.2 Å². The normalized spacial score (nSPS) is 32.2. The SMILES string of the molecule is C=CCOc1ccc(C2CCC(C3OCC(F)(CCC)CO3)CC2)cc1. The molecule has 3 nitrogen and oxygen atoms in total. The van der Waals surface area contributed by atoms with Gasteiger partial charge in [0, 0.05) is 5.92 Å². The van der Waals surface area contributed by atoms with Crippen molar-refractivity contribution in [2.45, 2.75) is 63.3 Å². The van der Waals surface area contributed by atoms with E-state index in [1.165, 1.54) is 5.56 Å². The number of alkyl halides is 1. The average molecular weight is 362 g/mol. The Balaban J connectivity index is 1.46. The van der Waals surface area contributed by atoms with Crippen LogP contribution < -0.4 is 4.74 Å². The number of benzene rings is 1. The van der Waals surface area contributed by atoms with Crippen LogP contribution in [-0.2, 0) is 9.47 Å². The van der Waals surface area contributed by atoms with E-state index in [1.807, 2.05) is 19.1 Å². The molecule has 0 bridgehead atoms. The fraction of sp³-hybridized carbons (Fsp3) is 0.636. The monoisotopic (exact) mass is 362 g/mol. The molecule has 0 N–H and O–H groups in total. The van der Waals surface area contributed by atoms with E-state index < -0.39 is 5.67 Å². The molecule has 0 unspecified atom stereocenters. The Morgan fingerprint density at radius 2 is 1.81 bits per heavy atom. The Bertz CT molecular complexity index is 555. The summed E-state index contributed by atoms with van der Waals surface area (Å²) in [5, 5.41) is 0. The van der Waals surface area contributed by atoms with Crippen molar-refractivity contribution in [2.75, 3.05) is 19.8 Å². The van der Waals surface area contributed by atoms with E-state index in [9.17, 15) is 4.39 Å². The summed E-state index contributed by atoms with van der Waals surface area (Å²) < 4.78 is 31.5. The molecule has 26 heavy (non-hydrogen) atoms. The summed E-state index contributed by atoms with van der Waals surface area (Å²) in [6, 6.07) is 8.40. The van der Waals surface area contributed by atoms with Crippen molar-refractivity contribution in [1.82, 2.24) is 0 Å². The van der Waals surface area contributed by atoms with Crippen molar-refractivity contribution in [3.63, 3.8) is 0 Å². The lowest BCUT2D eigenvalue weighted by atomic mass is 9.78. The third-order valence-corrected chi connectivity index (χ3v) is 5.59. The van der Waals surface area contributed by atoms with Gasteiger partial charge in [0.1, 0.15) is 12.4 Å². The summed E-state index contributed by atoms with van der Waals surface area (Å²) >= 11 is 0. The number of ether oxygens (including phenoxy) is 3. The molecule has 3 rings (SSSR count). The van der Waals surface area contributed by atoms with Crippen LogP contribution >= 0.6 is 0 Å². The lowest BCUT2D eigenvalue weighted by Gasteiger charge is -2.40. The van der Waals surface area contributed by atoms with Crippen molar-refractivity contribution in [3.8, 4) is 5.75 Å². The maximum absolute atomic E-state index is 14.4. The Morgan fingerprint density at radius 1 is 1.15 bits per heavy atom. The van der Waals surface area contributed by atoms with E-state index in [-0.39, 0.29) is 19.5 Å². The van der Waals surface area contributed by atoms with Crippen molar-refractivity contribution < 1.29 is 18.6 Å². The predicted molar refractivity (Wildman–Crippen MR) is 101 cm³/mol. The molecule has 144 valence electrons. The van der Waals surface area contributed by atoms with Gasteiger partial charge in [0.25, 0.3) is 0 Å². The minimum Gasteiger partial charge on any atom is -0.490 e. The molecule has 0 amide bonds. The van der Waals surface area contributed by atoms with Crippen molar-refractivity contribution >= 4 is 0 Å². The second-order valence-electron chi connectivity index (χ2n) is 7.67. The van der Waals surface area contributed by atoms with Gasteiger partial charge in [-0.1, -0.05) is 38.1 Å². The Hall–Kier alpha value is -1.39. The minimum atomic E-state index is -1.29. The van der Waals surface area contributed by atoms with E-state index in [0.717, 1.165) is 37.9 Å². The number of halogens is 1. The van der Waals surface area contributed by atoms with Crippen LogP contribution in [-0.4, -0.2) is 31.8 Å². The van der Waals surface area contributed by atoms with Gasteiger partial charge >= 0.3 is 0 Å². The summed E-state index contributed by atoms with van der Waals surface area (Å²) in [6.45, 7) is 6.54. The molecule has 0 atom stereocenters. The van der Waals surface area contributed by atoms with Crippen LogP contribution in [0.1, 0.15) is 56.9 Å². The topological polar surface area (TPSA) is 27.7 Å². The maximum Gasteiger partial charge on any atom is 0.160 e. The maximum atomic E-state index is 14.4. The van der Waals surface area contributed by atoms with E-state index >= 15 is 0 Å². The van der Waals surface area contributed by atoms with Crippen LogP contribution in [0.15, 0.2) is 36.9 Å². The summed E-state index contributed by atoms with van der Waals surface area (Å²) in [5.74, 6) is 1.84. The van der Waals surface area contributed by atoms with Crippen LogP contribution in [0.2, 0.25) is 0 Å². The van der Waals surface area contributed by atoms with Crippen molar-refractivity contribution in [2.24, 2.45) is 5.92 Å². The molecule has 1 aromatic carbocycles. The first-order valence-electron chi connectivity index (χ1n) is 9.89. The second-order valence-corrected chi connectivity index (χ2v) is 7.67. The fourth-order valence-corrected chi connectivity index (χ4v) is 4.13. The molecule has 1 saturated carbocycles. The predicted octanol–water partition coefficient (Wildman–Crippen LogP) is 5.41. The first kappa shape index (κ1) is 19.4. The average Bonchev–Trinajstić information content (AvgIpc) is 2.68. The van der Waals surface area contributed by atoms with Gasteiger partial charge in [-0.3, -0.25) is 0 Å². The van der Waals surface area contributed by atoms with Gasteiger partial charge in [-0.05, 0) is 55.7 Å². The van der Waals surface area contributed by atoms with Crippen LogP contribution in [0.4, 0.5) is 4.39 Å². The van der Waals surface area contributed by atoms with E-state index in [4.69, 9.17) is 14.2 Å².